The second-order valence-electron chi connectivity index (χ2n) is 7.11. The van der Waals surface area contributed by atoms with Gasteiger partial charge in [-0.05, 0) is 53.4 Å². The van der Waals surface area contributed by atoms with E-state index in [9.17, 15) is 18.4 Å². The second-order valence-corrected chi connectivity index (χ2v) is 7.11. The first-order chi connectivity index (χ1) is 15.4. The normalized spacial score (nSPS) is 10.9. The number of hydrogen-bond acceptors (Lipinski definition) is 4. The van der Waals surface area contributed by atoms with Crippen LogP contribution in [-0.2, 0) is 13.5 Å². The molecule has 0 radical (unpaired) electrons. The van der Waals surface area contributed by atoms with Gasteiger partial charge in [0, 0.05) is 18.3 Å². The molecular weight excluding hydrogens is 416 g/mol. The topological polar surface area (TPSA) is 77.1 Å². The van der Waals surface area contributed by atoms with E-state index >= 15 is 0 Å². The third-order valence-electron chi connectivity index (χ3n) is 5.09. The Morgan fingerprint density at radius 2 is 1.62 bits per heavy atom. The van der Waals surface area contributed by atoms with Crippen molar-refractivity contribution in [2.24, 2.45) is 7.05 Å². The first kappa shape index (κ1) is 21.2. The van der Waals surface area contributed by atoms with E-state index in [0.717, 1.165) is 39.1 Å². The molecular formula is C24H19F2N3O3. The van der Waals surface area contributed by atoms with Gasteiger partial charge in [-0.2, -0.15) is 4.68 Å². The van der Waals surface area contributed by atoms with Gasteiger partial charge in [-0.1, -0.05) is 37.3 Å². The van der Waals surface area contributed by atoms with Crippen molar-refractivity contribution in [2.45, 2.75) is 13.3 Å². The number of carbonyl (C=O) groups excluding carboxylic acids is 1. The van der Waals surface area contributed by atoms with Crippen molar-refractivity contribution in [1.82, 2.24) is 9.78 Å². The molecule has 1 heterocycles. The van der Waals surface area contributed by atoms with Crippen LogP contribution in [-0.4, -0.2) is 15.7 Å². The number of halogens is 2. The Kier molecular flexibility index (Phi) is 5.68. The van der Waals surface area contributed by atoms with Crippen LogP contribution in [0.2, 0.25) is 0 Å². The molecule has 0 bridgehead atoms. The van der Waals surface area contributed by atoms with Gasteiger partial charge >= 0.3 is 5.76 Å². The average molecular weight is 435 g/mol. The van der Waals surface area contributed by atoms with E-state index < -0.39 is 28.9 Å². The van der Waals surface area contributed by atoms with Crippen molar-refractivity contribution in [3.05, 3.63) is 94.0 Å². The van der Waals surface area contributed by atoms with Crippen LogP contribution in [0, 0.1) is 11.6 Å². The van der Waals surface area contributed by atoms with Crippen LogP contribution in [0.5, 0.6) is 0 Å². The van der Waals surface area contributed by atoms with Gasteiger partial charge in [-0.15, -0.1) is 5.10 Å². The van der Waals surface area contributed by atoms with Crippen molar-refractivity contribution in [3.63, 3.8) is 0 Å². The molecule has 3 aromatic carbocycles. The fraction of sp³-hybridized carbons (Fsp3) is 0.125. The molecule has 6 nitrogen and oxygen atoms in total. The number of aromatic nitrogens is 2. The van der Waals surface area contributed by atoms with Gasteiger partial charge < -0.3 is 9.73 Å². The van der Waals surface area contributed by atoms with Gasteiger partial charge in [0.15, 0.2) is 0 Å². The fourth-order valence-electron chi connectivity index (χ4n) is 3.54. The molecule has 0 spiro atoms. The summed E-state index contributed by atoms with van der Waals surface area (Å²) < 4.78 is 34.1. The maximum atomic E-state index is 13.8. The summed E-state index contributed by atoms with van der Waals surface area (Å²) in [5.41, 5.74) is 3.20. The van der Waals surface area contributed by atoms with E-state index in [1.54, 1.807) is 24.3 Å². The number of carbonyl (C=O) groups is 1. The van der Waals surface area contributed by atoms with Crippen LogP contribution in [0.3, 0.4) is 0 Å². The molecule has 0 aliphatic rings. The number of benzene rings is 3. The Balaban J connectivity index is 1.64. The molecule has 1 N–H and O–H groups in total. The summed E-state index contributed by atoms with van der Waals surface area (Å²) in [7, 11) is 1.52. The summed E-state index contributed by atoms with van der Waals surface area (Å²) >= 11 is 0. The zero-order chi connectivity index (χ0) is 22.8. The Bertz CT molecular complexity index is 1340. The zero-order valence-corrected chi connectivity index (χ0v) is 17.4. The lowest BCUT2D eigenvalue weighted by atomic mass is 9.93. The van der Waals surface area contributed by atoms with Gasteiger partial charge in [0.25, 0.3) is 5.91 Å². The molecule has 1 amide bonds. The molecule has 0 atom stereocenters. The predicted molar refractivity (Wildman–Crippen MR) is 116 cm³/mol. The molecule has 0 aliphatic heterocycles. The predicted octanol–water partition coefficient (Wildman–Crippen LogP) is 4.80. The van der Waals surface area contributed by atoms with Crippen molar-refractivity contribution in [2.75, 3.05) is 5.32 Å². The van der Waals surface area contributed by atoms with E-state index in [2.05, 4.69) is 10.4 Å². The highest BCUT2D eigenvalue weighted by molar-refractivity contribution is 6.04. The summed E-state index contributed by atoms with van der Waals surface area (Å²) in [6.07, 6.45) is 0.664. The van der Waals surface area contributed by atoms with Gasteiger partial charge in [0.2, 0.25) is 5.89 Å². The van der Waals surface area contributed by atoms with Gasteiger partial charge in [0.05, 0.1) is 0 Å². The van der Waals surface area contributed by atoms with Crippen LogP contribution in [0.25, 0.3) is 22.6 Å². The van der Waals surface area contributed by atoms with E-state index in [1.807, 2.05) is 25.1 Å². The van der Waals surface area contributed by atoms with E-state index in [4.69, 9.17) is 4.42 Å². The van der Waals surface area contributed by atoms with Crippen LogP contribution in [0.4, 0.5) is 14.5 Å². The molecule has 0 unspecified atom stereocenters. The first-order valence-electron chi connectivity index (χ1n) is 9.91. The number of aryl methyl sites for hydroxylation is 1. The SMILES string of the molecule is CCc1c(-c2ccc(NC(=O)c3c(F)cccc3F)cc2)cccc1-c1nn(C)c(=O)o1. The number of anilines is 1. The molecule has 0 saturated heterocycles. The Morgan fingerprint density at radius 1 is 1.00 bits per heavy atom. The standard InChI is InChI=1S/C24H19F2N3O3/c1-3-16-17(6-4-7-18(16)23-28-29(2)24(31)32-23)14-10-12-15(13-11-14)27-22(30)21-19(25)8-5-9-20(21)26/h4-13H,3H2,1-2H3,(H,27,30). The lowest BCUT2D eigenvalue weighted by Gasteiger charge is -2.13. The molecule has 0 saturated carbocycles. The number of hydrogen-bond donors (Lipinski definition) is 1. The van der Waals surface area contributed by atoms with Crippen LogP contribution < -0.4 is 11.1 Å². The average Bonchev–Trinajstić information content (AvgIpc) is 3.11. The van der Waals surface area contributed by atoms with Gasteiger partial charge in [-0.3, -0.25) is 4.79 Å². The zero-order valence-electron chi connectivity index (χ0n) is 17.4. The summed E-state index contributed by atoms with van der Waals surface area (Å²) in [5, 5.41) is 6.65. The van der Waals surface area contributed by atoms with Crippen molar-refractivity contribution >= 4 is 11.6 Å². The third-order valence-corrected chi connectivity index (χ3v) is 5.09. The van der Waals surface area contributed by atoms with Crippen molar-refractivity contribution in [3.8, 4) is 22.6 Å². The molecule has 32 heavy (non-hydrogen) atoms. The summed E-state index contributed by atoms with van der Waals surface area (Å²) in [5.74, 6) is -3.02. The molecule has 0 fully saturated rings. The second kappa shape index (κ2) is 8.58. The minimum atomic E-state index is -0.926. The number of nitrogens with zero attached hydrogens (tertiary/aromatic N) is 2. The molecule has 1 aromatic heterocycles. The number of rotatable bonds is 5. The van der Waals surface area contributed by atoms with Crippen LogP contribution in [0.15, 0.2) is 69.9 Å². The molecule has 4 rings (SSSR count). The highest BCUT2D eigenvalue weighted by Crippen LogP contribution is 2.32. The fourth-order valence-corrected chi connectivity index (χ4v) is 3.54. The smallest absolute Gasteiger partial charge is 0.388 e. The number of nitrogens with one attached hydrogen (secondary N) is 1. The van der Waals surface area contributed by atoms with Crippen LogP contribution in [0.1, 0.15) is 22.8 Å². The maximum Gasteiger partial charge on any atom is 0.437 e. The summed E-state index contributed by atoms with van der Waals surface area (Å²) in [6.45, 7) is 1.99. The van der Waals surface area contributed by atoms with E-state index in [1.165, 1.54) is 13.1 Å². The quantitative estimate of drug-likeness (QED) is 0.489. The van der Waals surface area contributed by atoms with Gasteiger partial charge in [0.1, 0.15) is 17.2 Å². The molecule has 8 heteroatoms. The first-order valence-corrected chi connectivity index (χ1v) is 9.91. The largest absolute Gasteiger partial charge is 0.437 e. The Labute approximate surface area is 182 Å². The van der Waals surface area contributed by atoms with Crippen LogP contribution >= 0.6 is 0 Å². The maximum absolute atomic E-state index is 13.8. The molecule has 0 aliphatic carbocycles. The molecule has 162 valence electrons. The lowest BCUT2D eigenvalue weighted by molar-refractivity contribution is 0.101. The van der Waals surface area contributed by atoms with Crippen molar-refractivity contribution in [1.29, 1.82) is 0 Å². The number of amides is 1. The molecule has 4 aromatic rings. The van der Waals surface area contributed by atoms with E-state index in [-0.39, 0.29) is 5.89 Å². The lowest BCUT2D eigenvalue weighted by Crippen LogP contribution is -2.15. The van der Waals surface area contributed by atoms with Gasteiger partial charge in [-0.25, -0.2) is 13.6 Å². The Morgan fingerprint density at radius 3 is 2.22 bits per heavy atom. The highest BCUT2D eigenvalue weighted by Gasteiger charge is 2.18. The highest BCUT2D eigenvalue weighted by atomic mass is 19.1. The minimum absolute atomic E-state index is 0.243. The monoisotopic (exact) mass is 435 g/mol. The van der Waals surface area contributed by atoms with Crippen molar-refractivity contribution < 1.29 is 18.0 Å². The minimum Gasteiger partial charge on any atom is -0.388 e. The third kappa shape index (κ3) is 3.94. The van der Waals surface area contributed by atoms with E-state index in [0.29, 0.717) is 12.1 Å². The Hall–Kier alpha value is -4.07. The summed E-state index contributed by atoms with van der Waals surface area (Å²) in [6, 6.07) is 15.8. The summed E-state index contributed by atoms with van der Waals surface area (Å²) in [4.78, 5) is 24.0.